The number of thioether (sulfide) groups is 2. The molecule has 2 amide bonds. The van der Waals surface area contributed by atoms with E-state index in [1.165, 1.54) is 23.5 Å². The summed E-state index contributed by atoms with van der Waals surface area (Å²) in [4.78, 5) is 54.1. The van der Waals surface area contributed by atoms with Gasteiger partial charge in [0, 0.05) is 11.5 Å². The van der Waals surface area contributed by atoms with Crippen LogP contribution in [0.25, 0.3) is 0 Å². The van der Waals surface area contributed by atoms with Crippen LogP contribution < -0.4 is 21.3 Å². The van der Waals surface area contributed by atoms with E-state index in [2.05, 4.69) is 21.3 Å². The van der Waals surface area contributed by atoms with E-state index in [1.54, 1.807) is 12.2 Å². The standard InChI is InChI=1S/C40H36N4O6S2/c45-35-31(37-41-29(21-23-51-37)39(47)49-33(25-13-5-1-6-14-25)26-15-7-2-8-16-26)43-36(46)32(44-35)38-42-30(22-24-52-38)40(48)50-34(27-17-9-3-10-18-27)28-19-11-4-12-20-28/h1-22,31-34,37-38,41-42H,23-24H2,(H,43,46)(H,44,45)/t31?,32?,37-,38-/m1/s1. The van der Waals surface area contributed by atoms with E-state index in [1.807, 2.05) is 121 Å². The molecule has 0 radical (unpaired) electrons. The molecule has 0 aromatic heterocycles. The van der Waals surface area contributed by atoms with Gasteiger partial charge in [-0.1, -0.05) is 121 Å². The highest BCUT2D eigenvalue weighted by Gasteiger charge is 2.44. The van der Waals surface area contributed by atoms with Gasteiger partial charge in [-0.3, -0.25) is 9.59 Å². The summed E-state index contributed by atoms with van der Waals surface area (Å²) in [5.41, 5.74) is 3.71. The molecule has 0 saturated carbocycles. The van der Waals surface area contributed by atoms with Gasteiger partial charge in [-0.2, -0.15) is 0 Å². The third kappa shape index (κ3) is 8.03. The van der Waals surface area contributed by atoms with Crippen molar-refractivity contribution in [3.8, 4) is 0 Å². The van der Waals surface area contributed by atoms with Gasteiger partial charge in [0.1, 0.15) is 34.2 Å². The highest BCUT2D eigenvalue weighted by Crippen LogP contribution is 2.31. The van der Waals surface area contributed by atoms with Gasteiger partial charge in [0.2, 0.25) is 11.8 Å². The Balaban J connectivity index is 0.978. The molecular weight excluding hydrogens is 697 g/mol. The van der Waals surface area contributed by atoms with Crippen LogP contribution in [0, 0.1) is 0 Å². The van der Waals surface area contributed by atoms with Crippen molar-refractivity contribution < 1.29 is 28.7 Å². The number of carbonyl (C=O) groups is 4. The Morgan fingerprint density at radius 3 is 1.12 bits per heavy atom. The maximum atomic E-state index is 13.5. The maximum Gasteiger partial charge on any atom is 0.355 e. The van der Waals surface area contributed by atoms with E-state index in [9.17, 15) is 19.2 Å². The van der Waals surface area contributed by atoms with Crippen molar-refractivity contribution >= 4 is 47.3 Å². The van der Waals surface area contributed by atoms with Crippen LogP contribution in [-0.2, 0) is 28.7 Å². The van der Waals surface area contributed by atoms with Crippen LogP contribution in [-0.4, -0.2) is 58.1 Å². The topological polar surface area (TPSA) is 135 Å². The summed E-state index contributed by atoms with van der Waals surface area (Å²) in [6.07, 6.45) is 2.17. The molecule has 7 rings (SSSR count). The molecule has 3 aliphatic heterocycles. The number of rotatable bonds is 10. The van der Waals surface area contributed by atoms with Crippen molar-refractivity contribution in [1.82, 2.24) is 21.3 Å². The normalized spacial score (nSPS) is 21.4. The summed E-state index contributed by atoms with van der Waals surface area (Å²) in [7, 11) is 0. The molecule has 264 valence electrons. The van der Waals surface area contributed by atoms with E-state index in [0.29, 0.717) is 11.5 Å². The van der Waals surface area contributed by atoms with Crippen LogP contribution in [0.1, 0.15) is 34.5 Å². The molecule has 4 N–H and O–H groups in total. The van der Waals surface area contributed by atoms with Crippen LogP contribution in [0.4, 0.5) is 0 Å². The Morgan fingerprint density at radius 1 is 0.500 bits per heavy atom. The summed E-state index contributed by atoms with van der Waals surface area (Å²) in [6, 6.07) is 36.0. The molecule has 1 saturated heterocycles. The average Bonchev–Trinajstić information content (AvgIpc) is 3.21. The molecule has 52 heavy (non-hydrogen) atoms. The zero-order chi connectivity index (χ0) is 35.9. The summed E-state index contributed by atoms with van der Waals surface area (Å²) in [5.74, 6) is -1.11. The van der Waals surface area contributed by atoms with Crippen LogP contribution in [0.5, 0.6) is 0 Å². The summed E-state index contributed by atoms with van der Waals surface area (Å²) >= 11 is 2.78. The van der Waals surface area contributed by atoms with Gasteiger partial charge in [0.25, 0.3) is 0 Å². The third-order valence-electron chi connectivity index (χ3n) is 8.79. The molecule has 4 atom stereocenters. The SMILES string of the molecule is O=C(OC(c1ccccc1)c1ccccc1)C1=CCS[C@H](C2NC(=O)C([C@@H]3NC(C(=O)OC(c4ccccc4)c4ccccc4)=CCS3)NC2=O)N1. The number of ether oxygens (including phenoxy) is 2. The molecule has 2 unspecified atom stereocenters. The number of nitrogens with one attached hydrogen (secondary N) is 4. The highest BCUT2D eigenvalue weighted by molar-refractivity contribution is 8.00. The van der Waals surface area contributed by atoms with Gasteiger partial charge in [-0.25, -0.2) is 9.59 Å². The molecule has 4 aromatic rings. The lowest BCUT2D eigenvalue weighted by molar-refractivity contribution is -0.144. The number of hydrogen-bond donors (Lipinski definition) is 4. The molecule has 0 aliphatic carbocycles. The fraction of sp³-hybridized carbons (Fsp3) is 0.200. The Labute approximate surface area is 309 Å². The molecule has 4 aromatic carbocycles. The molecule has 0 spiro atoms. The van der Waals surface area contributed by atoms with Crippen molar-refractivity contribution in [3.63, 3.8) is 0 Å². The van der Waals surface area contributed by atoms with Crippen molar-refractivity contribution in [3.05, 3.63) is 167 Å². The second-order valence-electron chi connectivity index (χ2n) is 12.2. The lowest BCUT2D eigenvalue weighted by atomic mass is 10.0. The monoisotopic (exact) mass is 732 g/mol. The number of hydrogen-bond acceptors (Lipinski definition) is 10. The van der Waals surface area contributed by atoms with E-state index < -0.39 is 58.8 Å². The first-order chi connectivity index (χ1) is 25.4. The lowest BCUT2D eigenvalue weighted by Crippen LogP contribution is -2.70. The fourth-order valence-corrected chi connectivity index (χ4v) is 8.30. The van der Waals surface area contributed by atoms with Crippen molar-refractivity contribution in [2.24, 2.45) is 0 Å². The Morgan fingerprint density at radius 2 is 0.808 bits per heavy atom. The van der Waals surface area contributed by atoms with E-state index >= 15 is 0 Å². The minimum atomic E-state index is -0.963. The summed E-state index contributed by atoms with van der Waals surface area (Å²) in [6.45, 7) is 0. The van der Waals surface area contributed by atoms with Gasteiger partial charge in [-0.05, 0) is 34.4 Å². The number of esters is 2. The number of carbonyl (C=O) groups excluding carboxylic acids is 4. The van der Waals surface area contributed by atoms with Crippen molar-refractivity contribution in [2.45, 2.75) is 35.0 Å². The first kappa shape index (κ1) is 35.0. The van der Waals surface area contributed by atoms with Crippen LogP contribution >= 0.6 is 23.5 Å². The molecular formula is C40H36N4O6S2. The van der Waals surface area contributed by atoms with Gasteiger partial charge in [0.05, 0.1) is 0 Å². The zero-order valence-electron chi connectivity index (χ0n) is 27.8. The van der Waals surface area contributed by atoms with Crippen LogP contribution in [0.3, 0.4) is 0 Å². The van der Waals surface area contributed by atoms with Crippen molar-refractivity contribution in [1.29, 1.82) is 0 Å². The molecule has 10 nitrogen and oxygen atoms in total. The first-order valence-electron chi connectivity index (χ1n) is 16.8. The van der Waals surface area contributed by atoms with E-state index in [-0.39, 0.29) is 11.4 Å². The van der Waals surface area contributed by atoms with Gasteiger partial charge in [-0.15, -0.1) is 23.5 Å². The fourth-order valence-electron chi connectivity index (χ4n) is 6.17. The van der Waals surface area contributed by atoms with Crippen LogP contribution in [0.2, 0.25) is 0 Å². The van der Waals surface area contributed by atoms with Gasteiger partial charge < -0.3 is 30.7 Å². The van der Waals surface area contributed by atoms with E-state index in [0.717, 1.165) is 22.3 Å². The predicted octanol–water partition coefficient (Wildman–Crippen LogP) is 4.73. The predicted molar refractivity (Wildman–Crippen MR) is 200 cm³/mol. The lowest BCUT2D eigenvalue weighted by Gasteiger charge is -2.39. The molecule has 1 fully saturated rings. The maximum absolute atomic E-state index is 13.5. The Kier molecular flexibility index (Phi) is 10.9. The second-order valence-corrected chi connectivity index (χ2v) is 14.6. The van der Waals surface area contributed by atoms with Crippen molar-refractivity contribution in [2.75, 3.05) is 11.5 Å². The average molecular weight is 733 g/mol. The van der Waals surface area contributed by atoms with Crippen LogP contribution in [0.15, 0.2) is 145 Å². The Bertz CT molecular complexity index is 1740. The van der Waals surface area contributed by atoms with Gasteiger partial charge in [0.15, 0.2) is 12.2 Å². The Hall–Kier alpha value is -5.46. The smallest absolute Gasteiger partial charge is 0.355 e. The number of amides is 2. The molecule has 3 heterocycles. The third-order valence-corrected chi connectivity index (χ3v) is 11.0. The zero-order valence-corrected chi connectivity index (χ0v) is 29.5. The highest BCUT2D eigenvalue weighted by atomic mass is 32.2. The molecule has 3 aliphatic rings. The minimum absolute atomic E-state index is 0.215. The largest absolute Gasteiger partial charge is 0.448 e. The minimum Gasteiger partial charge on any atom is -0.448 e. The number of piperazine rings is 1. The quantitative estimate of drug-likeness (QED) is 0.170. The summed E-state index contributed by atoms with van der Waals surface area (Å²) in [5, 5.41) is 10.7. The molecule has 12 heteroatoms. The first-order valence-corrected chi connectivity index (χ1v) is 18.9. The second kappa shape index (κ2) is 16.3. The van der Waals surface area contributed by atoms with Gasteiger partial charge >= 0.3 is 11.9 Å². The number of benzene rings is 4. The van der Waals surface area contributed by atoms with E-state index in [4.69, 9.17) is 9.47 Å². The summed E-state index contributed by atoms with van der Waals surface area (Å²) < 4.78 is 12.0. The molecule has 0 bridgehead atoms.